The van der Waals surface area contributed by atoms with Crippen LogP contribution in [0.5, 0.6) is 0 Å². The van der Waals surface area contributed by atoms with E-state index in [0.29, 0.717) is 13.0 Å². The Morgan fingerprint density at radius 2 is 2.00 bits per heavy atom. The van der Waals surface area contributed by atoms with Crippen LogP contribution >= 0.6 is 0 Å². The molecule has 16 heavy (non-hydrogen) atoms. The first kappa shape index (κ1) is 13.9. The van der Waals surface area contributed by atoms with Crippen LogP contribution < -0.4 is 10.5 Å². The predicted molar refractivity (Wildman–Crippen MR) is 63.6 cm³/mol. The Labute approximate surface area is 97.8 Å². The van der Waals surface area contributed by atoms with Crippen molar-refractivity contribution >= 4 is 10.0 Å². The van der Waals surface area contributed by atoms with E-state index in [2.05, 4.69) is 4.72 Å². The quantitative estimate of drug-likeness (QED) is 0.747. The third-order valence-corrected chi connectivity index (χ3v) is 5.04. The Balaban J connectivity index is 2.67. The molecule has 3 unspecified atom stereocenters. The molecule has 3 N–H and O–H groups in total. The highest BCUT2D eigenvalue weighted by Gasteiger charge is 2.44. The summed E-state index contributed by atoms with van der Waals surface area (Å²) in [6, 6.07) is -0.433. The van der Waals surface area contributed by atoms with Crippen molar-refractivity contribution in [3.63, 3.8) is 0 Å². The molecule has 0 bridgehead atoms. The molecule has 0 heterocycles. The van der Waals surface area contributed by atoms with Crippen LogP contribution in [0.1, 0.15) is 34.1 Å². The molecular weight excluding hydrogens is 228 g/mol. The van der Waals surface area contributed by atoms with Gasteiger partial charge in [-0.05, 0) is 34.1 Å². The van der Waals surface area contributed by atoms with E-state index in [-0.39, 0.29) is 18.2 Å². The summed E-state index contributed by atoms with van der Waals surface area (Å²) in [6.07, 6.45) is 0.627. The Morgan fingerprint density at radius 3 is 2.38 bits per heavy atom. The summed E-state index contributed by atoms with van der Waals surface area (Å²) in [5.74, 6) is 0. The molecule has 0 radical (unpaired) electrons. The van der Waals surface area contributed by atoms with Gasteiger partial charge in [0.2, 0.25) is 10.0 Å². The van der Waals surface area contributed by atoms with E-state index >= 15 is 0 Å². The van der Waals surface area contributed by atoms with Gasteiger partial charge in [0.25, 0.3) is 0 Å². The maximum atomic E-state index is 11.9. The smallest absolute Gasteiger partial charge is 0.216 e. The molecule has 1 aliphatic carbocycles. The number of nitrogens with two attached hydrogens (primary N) is 1. The van der Waals surface area contributed by atoms with E-state index in [4.69, 9.17) is 10.5 Å². The fourth-order valence-electron chi connectivity index (χ4n) is 1.55. The number of sulfonamides is 1. The highest BCUT2D eigenvalue weighted by atomic mass is 32.2. The first-order valence-corrected chi connectivity index (χ1v) is 7.06. The van der Waals surface area contributed by atoms with Crippen LogP contribution in [-0.2, 0) is 14.8 Å². The van der Waals surface area contributed by atoms with Crippen molar-refractivity contribution in [2.24, 2.45) is 5.73 Å². The second-order valence-electron chi connectivity index (χ2n) is 5.15. The number of rotatable bonds is 4. The number of hydrogen-bond donors (Lipinski definition) is 2. The van der Waals surface area contributed by atoms with Crippen molar-refractivity contribution in [2.45, 2.75) is 57.1 Å². The normalized spacial score (nSPS) is 31.2. The molecule has 6 heteroatoms. The molecule has 0 saturated heterocycles. The van der Waals surface area contributed by atoms with Crippen LogP contribution in [0.3, 0.4) is 0 Å². The zero-order valence-corrected chi connectivity index (χ0v) is 11.2. The van der Waals surface area contributed by atoms with Crippen molar-refractivity contribution in [3.05, 3.63) is 0 Å². The van der Waals surface area contributed by atoms with Crippen molar-refractivity contribution in [2.75, 3.05) is 6.61 Å². The zero-order valence-electron chi connectivity index (χ0n) is 10.4. The van der Waals surface area contributed by atoms with Gasteiger partial charge in [0.1, 0.15) is 0 Å². The van der Waals surface area contributed by atoms with E-state index < -0.39 is 14.8 Å². The molecule has 0 spiro atoms. The van der Waals surface area contributed by atoms with E-state index in [9.17, 15) is 8.42 Å². The molecule has 1 aliphatic rings. The highest BCUT2D eigenvalue weighted by molar-refractivity contribution is 7.90. The molecule has 3 atom stereocenters. The van der Waals surface area contributed by atoms with Crippen LogP contribution in [-0.4, -0.2) is 38.0 Å². The third kappa shape index (κ3) is 2.74. The van der Waals surface area contributed by atoms with Crippen molar-refractivity contribution in [1.82, 2.24) is 4.72 Å². The minimum atomic E-state index is -3.35. The van der Waals surface area contributed by atoms with Crippen LogP contribution in [0.15, 0.2) is 0 Å². The Bertz CT molecular complexity index is 332. The standard InChI is InChI=1S/C10H22N2O3S/c1-5-15-8-6-7(11)9(8)12-16(13,14)10(2,3)4/h7-9,12H,5-6,11H2,1-4H3. The van der Waals surface area contributed by atoms with Crippen molar-refractivity contribution in [3.8, 4) is 0 Å². The van der Waals surface area contributed by atoms with Gasteiger partial charge < -0.3 is 10.5 Å². The number of hydrogen-bond acceptors (Lipinski definition) is 4. The number of ether oxygens (including phenoxy) is 1. The van der Waals surface area contributed by atoms with E-state index in [0.717, 1.165) is 0 Å². The van der Waals surface area contributed by atoms with Crippen LogP contribution in [0.2, 0.25) is 0 Å². The van der Waals surface area contributed by atoms with Gasteiger partial charge in [-0.25, -0.2) is 13.1 Å². The van der Waals surface area contributed by atoms with Crippen molar-refractivity contribution in [1.29, 1.82) is 0 Å². The number of nitrogens with one attached hydrogen (secondary N) is 1. The van der Waals surface area contributed by atoms with Gasteiger partial charge >= 0.3 is 0 Å². The third-order valence-electron chi connectivity index (χ3n) is 2.84. The fourth-order valence-corrected chi connectivity index (χ4v) is 2.58. The van der Waals surface area contributed by atoms with E-state index in [1.165, 1.54) is 0 Å². The minimum absolute atomic E-state index is 0.0860. The van der Waals surface area contributed by atoms with Gasteiger partial charge in [-0.3, -0.25) is 0 Å². The Kier molecular flexibility index (Phi) is 3.99. The van der Waals surface area contributed by atoms with Crippen LogP contribution in [0, 0.1) is 0 Å². The average Bonchev–Trinajstić information content (AvgIpc) is 2.13. The lowest BCUT2D eigenvalue weighted by Gasteiger charge is -2.43. The SMILES string of the molecule is CCOC1CC(N)C1NS(=O)(=O)C(C)(C)C. The largest absolute Gasteiger partial charge is 0.377 e. The van der Waals surface area contributed by atoms with Gasteiger partial charge in [0.05, 0.1) is 16.9 Å². The average molecular weight is 250 g/mol. The lowest BCUT2D eigenvalue weighted by atomic mass is 9.84. The molecule has 5 nitrogen and oxygen atoms in total. The summed E-state index contributed by atoms with van der Waals surface area (Å²) < 4.78 is 31.1. The molecule has 0 aromatic heterocycles. The Morgan fingerprint density at radius 1 is 1.44 bits per heavy atom. The lowest BCUT2D eigenvalue weighted by molar-refractivity contribution is -0.0249. The van der Waals surface area contributed by atoms with Crippen molar-refractivity contribution < 1.29 is 13.2 Å². The monoisotopic (exact) mass is 250 g/mol. The fraction of sp³-hybridized carbons (Fsp3) is 1.00. The van der Waals surface area contributed by atoms with E-state index in [1.54, 1.807) is 20.8 Å². The summed E-state index contributed by atoms with van der Waals surface area (Å²) >= 11 is 0. The maximum Gasteiger partial charge on any atom is 0.216 e. The molecule has 1 fully saturated rings. The summed E-state index contributed by atoms with van der Waals surface area (Å²) in [7, 11) is -3.35. The van der Waals surface area contributed by atoms with Crippen LogP contribution in [0.4, 0.5) is 0 Å². The maximum absolute atomic E-state index is 11.9. The first-order chi connectivity index (χ1) is 7.19. The highest BCUT2D eigenvalue weighted by Crippen LogP contribution is 2.25. The van der Waals surface area contributed by atoms with Gasteiger partial charge in [-0.2, -0.15) is 0 Å². The molecular formula is C10H22N2O3S. The molecule has 0 amide bonds. The van der Waals surface area contributed by atoms with Gasteiger partial charge in [-0.1, -0.05) is 0 Å². The lowest BCUT2D eigenvalue weighted by Crippen LogP contribution is -2.66. The second kappa shape index (κ2) is 4.60. The summed E-state index contributed by atoms with van der Waals surface area (Å²) in [6.45, 7) is 7.45. The zero-order chi connectivity index (χ0) is 12.6. The first-order valence-electron chi connectivity index (χ1n) is 5.58. The topological polar surface area (TPSA) is 81.4 Å². The molecule has 1 saturated carbocycles. The summed E-state index contributed by atoms with van der Waals surface area (Å²) in [5, 5.41) is 0. The molecule has 96 valence electrons. The molecule has 0 aliphatic heterocycles. The minimum Gasteiger partial charge on any atom is -0.377 e. The predicted octanol–water partition coefficient (Wildman–Crippen LogP) is 0.209. The van der Waals surface area contributed by atoms with Gasteiger partial charge in [0, 0.05) is 12.6 Å². The molecule has 0 aromatic carbocycles. The molecule has 1 rings (SSSR count). The second-order valence-corrected chi connectivity index (χ2v) is 7.62. The van der Waals surface area contributed by atoms with Crippen LogP contribution in [0.25, 0.3) is 0 Å². The van der Waals surface area contributed by atoms with E-state index in [1.807, 2.05) is 6.92 Å². The Hall–Kier alpha value is -0.170. The van der Waals surface area contributed by atoms with Gasteiger partial charge in [-0.15, -0.1) is 0 Å². The van der Waals surface area contributed by atoms with Gasteiger partial charge in [0.15, 0.2) is 0 Å². The summed E-state index contributed by atoms with van der Waals surface area (Å²) in [4.78, 5) is 0. The summed E-state index contributed by atoms with van der Waals surface area (Å²) in [5.41, 5.74) is 5.79. The molecule has 0 aromatic rings.